The molecule has 0 aliphatic carbocycles. The lowest BCUT2D eigenvalue weighted by Crippen LogP contribution is -2.10. The molecule has 0 bridgehead atoms. The van der Waals surface area contributed by atoms with Crippen molar-refractivity contribution in [2.75, 3.05) is 0 Å². The summed E-state index contributed by atoms with van der Waals surface area (Å²) in [6.07, 6.45) is 1.90. The van der Waals surface area contributed by atoms with Gasteiger partial charge in [0, 0.05) is 22.7 Å². The average molecular weight is 647 g/mol. The van der Waals surface area contributed by atoms with E-state index in [9.17, 15) is 5.11 Å². The Labute approximate surface area is 288 Å². The van der Waals surface area contributed by atoms with E-state index >= 15 is 0 Å². The van der Waals surface area contributed by atoms with Crippen LogP contribution in [0.25, 0.3) is 65.1 Å². The summed E-state index contributed by atoms with van der Waals surface area (Å²) in [4.78, 5) is 10.1. The number of fused-ring (bicyclic) bond motifs is 2. The smallest absolute Gasteiger partial charge is 0.128 e. The molecule has 0 fully saturated rings. The van der Waals surface area contributed by atoms with Crippen molar-refractivity contribution in [3.05, 3.63) is 126 Å². The highest BCUT2D eigenvalue weighted by Gasteiger charge is 2.21. The highest BCUT2D eigenvalue weighted by molar-refractivity contribution is 7.21. The minimum atomic E-state index is -0.0519. The number of thiazole rings is 1. The van der Waals surface area contributed by atoms with Crippen LogP contribution in [0.3, 0.4) is 0 Å². The highest BCUT2D eigenvalue weighted by Crippen LogP contribution is 2.43. The van der Waals surface area contributed by atoms with Crippen molar-refractivity contribution in [2.24, 2.45) is 0 Å². The van der Waals surface area contributed by atoms with Crippen molar-refractivity contribution in [3.63, 3.8) is 0 Å². The maximum absolute atomic E-state index is 11.1. The molecule has 0 spiro atoms. The molecular weight excluding hydrogens is 605 g/mol. The Balaban J connectivity index is 1.46. The number of aromatic hydroxyl groups is 1. The van der Waals surface area contributed by atoms with E-state index in [0.717, 1.165) is 59.7 Å². The van der Waals surface area contributed by atoms with E-state index in [1.165, 1.54) is 27.6 Å². The molecule has 0 aliphatic rings. The molecule has 0 unspecified atom stereocenters. The molecule has 240 valence electrons. The number of phenols is 1. The monoisotopic (exact) mass is 646 g/mol. The molecule has 0 radical (unpaired) electrons. The Morgan fingerprint density at radius 2 is 1.27 bits per heavy atom. The van der Waals surface area contributed by atoms with Crippen LogP contribution in [0, 0.1) is 13.8 Å². The van der Waals surface area contributed by atoms with Crippen LogP contribution >= 0.6 is 11.3 Å². The van der Waals surface area contributed by atoms with Gasteiger partial charge in [-0.3, -0.25) is 4.98 Å². The third kappa shape index (κ3) is 5.90. The van der Waals surface area contributed by atoms with Gasteiger partial charge >= 0.3 is 0 Å². The van der Waals surface area contributed by atoms with Crippen molar-refractivity contribution in [2.45, 2.75) is 66.2 Å². The van der Waals surface area contributed by atoms with Gasteiger partial charge in [0.15, 0.2) is 0 Å². The van der Waals surface area contributed by atoms with E-state index in [4.69, 9.17) is 9.97 Å². The highest BCUT2D eigenvalue weighted by atomic mass is 32.1. The van der Waals surface area contributed by atoms with Crippen LogP contribution < -0.4 is 0 Å². The fourth-order valence-electron chi connectivity index (χ4n) is 6.51. The van der Waals surface area contributed by atoms with E-state index in [1.54, 1.807) is 17.4 Å². The minimum Gasteiger partial charge on any atom is -0.507 e. The topological polar surface area (TPSA) is 46.0 Å². The summed E-state index contributed by atoms with van der Waals surface area (Å²) in [6, 6.07) is 34.7. The molecule has 1 N–H and O–H groups in total. The van der Waals surface area contributed by atoms with Gasteiger partial charge in [0.05, 0.1) is 21.3 Å². The molecule has 48 heavy (non-hydrogen) atoms. The minimum absolute atomic E-state index is 0.0519. The van der Waals surface area contributed by atoms with E-state index in [1.807, 2.05) is 12.3 Å². The summed E-state index contributed by atoms with van der Waals surface area (Å²) < 4.78 is 1.09. The fourth-order valence-corrected chi connectivity index (χ4v) is 7.57. The molecule has 2 aromatic heterocycles. The van der Waals surface area contributed by atoms with Gasteiger partial charge in [0.25, 0.3) is 0 Å². The van der Waals surface area contributed by atoms with Gasteiger partial charge in [-0.05, 0) is 106 Å². The quantitative estimate of drug-likeness (QED) is 0.207. The van der Waals surface area contributed by atoms with Crippen LogP contribution in [-0.2, 0) is 10.8 Å². The molecule has 4 heteroatoms. The van der Waals surface area contributed by atoms with E-state index in [2.05, 4.69) is 140 Å². The number of aryl methyl sites for hydroxylation is 2. The largest absolute Gasteiger partial charge is 0.507 e. The van der Waals surface area contributed by atoms with E-state index in [0.29, 0.717) is 0 Å². The maximum atomic E-state index is 11.1. The standard InChI is InChI=1S/C44H42N2OS/c1-26-20-30(35-11-9-10-34-27(2)18-19-45-40(34)35)22-31(21-26)36-23-29(28-12-14-32(15-13-28)43(3,4)5)24-39-41(36)46-42(48-39)37-25-33(44(6,7)8)16-17-38(37)47/h9-25,47H,1-8H3. The van der Waals surface area contributed by atoms with Crippen LogP contribution in [-0.4, -0.2) is 15.1 Å². The Morgan fingerprint density at radius 1 is 0.583 bits per heavy atom. The van der Waals surface area contributed by atoms with Crippen LogP contribution in [0.4, 0.5) is 0 Å². The SMILES string of the molecule is Cc1cc(-c2cc(-c3ccc(C(C)(C)C)cc3)cc3sc(-c4cc(C(C)(C)C)ccc4O)nc23)cc(-c2cccc3c(C)ccnc23)c1. The first-order valence-corrected chi connectivity index (χ1v) is 17.4. The summed E-state index contributed by atoms with van der Waals surface area (Å²) >= 11 is 1.64. The van der Waals surface area contributed by atoms with Crippen LogP contribution in [0.1, 0.15) is 63.8 Å². The number of pyridine rings is 1. The fraction of sp³-hybridized carbons (Fsp3) is 0.227. The molecule has 0 atom stereocenters. The van der Waals surface area contributed by atoms with Crippen molar-refractivity contribution < 1.29 is 5.11 Å². The van der Waals surface area contributed by atoms with Crippen molar-refractivity contribution in [3.8, 4) is 49.7 Å². The summed E-state index contributed by atoms with van der Waals surface area (Å²) in [5.74, 6) is 0.248. The zero-order valence-electron chi connectivity index (χ0n) is 29.1. The van der Waals surface area contributed by atoms with Gasteiger partial charge in [-0.15, -0.1) is 11.3 Å². The summed E-state index contributed by atoms with van der Waals surface area (Å²) in [5, 5.41) is 13.0. The average Bonchev–Trinajstić information content (AvgIpc) is 3.47. The second-order valence-electron chi connectivity index (χ2n) is 15.1. The number of phenolic OH excluding ortho intramolecular Hbond substituents is 1. The van der Waals surface area contributed by atoms with Crippen molar-refractivity contribution in [1.29, 1.82) is 0 Å². The summed E-state index contributed by atoms with van der Waals surface area (Å²) in [5.41, 5.74) is 14.4. The number of rotatable bonds is 4. The second-order valence-corrected chi connectivity index (χ2v) is 16.1. The molecule has 7 rings (SSSR count). The summed E-state index contributed by atoms with van der Waals surface area (Å²) in [6.45, 7) is 17.6. The van der Waals surface area contributed by atoms with Gasteiger partial charge in [-0.25, -0.2) is 4.98 Å². The first kappa shape index (κ1) is 31.8. The Morgan fingerprint density at radius 3 is 1.98 bits per heavy atom. The second kappa shape index (κ2) is 11.7. The summed E-state index contributed by atoms with van der Waals surface area (Å²) in [7, 11) is 0. The maximum Gasteiger partial charge on any atom is 0.128 e. The number of nitrogens with zero attached hydrogens (tertiary/aromatic N) is 2. The predicted octanol–water partition coefficient (Wildman–Crippen LogP) is 12.4. The van der Waals surface area contributed by atoms with Gasteiger partial charge in [0.1, 0.15) is 10.8 Å². The zero-order valence-corrected chi connectivity index (χ0v) is 29.9. The van der Waals surface area contributed by atoms with Gasteiger partial charge in [-0.1, -0.05) is 102 Å². The Hall–Kier alpha value is -4.80. The first-order chi connectivity index (χ1) is 22.8. The molecule has 0 amide bonds. The zero-order chi connectivity index (χ0) is 34.0. The van der Waals surface area contributed by atoms with Gasteiger partial charge in [0.2, 0.25) is 0 Å². The third-order valence-electron chi connectivity index (χ3n) is 9.36. The van der Waals surface area contributed by atoms with E-state index in [-0.39, 0.29) is 16.6 Å². The lowest BCUT2D eigenvalue weighted by Gasteiger charge is -2.19. The molecule has 2 heterocycles. The van der Waals surface area contributed by atoms with Crippen LogP contribution in [0.15, 0.2) is 103 Å². The van der Waals surface area contributed by atoms with Crippen LogP contribution in [0.2, 0.25) is 0 Å². The molecule has 0 saturated carbocycles. The van der Waals surface area contributed by atoms with E-state index < -0.39 is 0 Å². The molecule has 0 aliphatic heterocycles. The third-order valence-corrected chi connectivity index (χ3v) is 10.4. The lowest BCUT2D eigenvalue weighted by molar-refractivity contribution is 0.476. The van der Waals surface area contributed by atoms with Crippen molar-refractivity contribution in [1.82, 2.24) is 9.97 Å². The Bertz CT molecular complexity index is 2330. The number of hydrogen-bond acceptors (Lipinski definition) is 4. The molecule has 7 aromatic rings. The molecule has 3 nitrogen and oxygen atoms in total. The Kier molecular flexibility index (Phi) is 7.76. The lowest BCUT2D eigenvalue weighted by atomic mass is 9.86. The normalized spacial score (nSPS) is 12.2. The number of aromatic nitrogens is 2. The van der Waals surface area contributed by atoms with Gasteiger partial charge < -0.3 is 5.11 Å². The molecule has 0 saturated heterocycles. The first-order valence-electron chi connectivity index (χ1n) is 16.6. The van der Waals surface area contributed by atoms with Crippen LogP contribution in [0.5, 0.6) is 5.75 Å². The predicted molar refractivity (Wildman–Crippen MR) is 205 cm³/mol. The van der Waals surface area contributed by atoms with Gasteiger partial charge in [-0.2, -0.15) is 0 Å². The molecular formula is C44H42N2OS. The molecule has 5 aromatic carbocycles. The van der Waals surface area contributed by atoms with Crippen molar-refractivity contribution >= 4 is 32.5 Å². The number of hydrogen-bond donors (Lipinski definition) is 1. The number of para-hydroxylation sites is 1. The number of benzene rings is 5.